The van der Waals surface area contributed by atoms with Crippen LogP contribution in [0.25, 0.3) is 0 Å². The first-order chi connectivity index (χ1) is 10.9. The largest absolute Gasteiger partial charge is 0.453 e. The first-order valence-corrected chi connectivity index (χ1v) is 8.48. The van der Waals surface area contributed by atoms with Crippen molar-refractivity contribution in [2.75, 3.05) is 39.8 Å². The number of nitrogens with one attached hydrogen (secondary N) is 3. The zero-order chi connectivity index (χ0) is 17.3. The minimum Gasteiger partial charge on any atom is -0.453 e. The Balaban J connectivity index is 0.00000529. The summed E-state index contributed by atoms with van der Waals surface area (Å²) in [4.78, 5) is 17.8. The molecule has 7 nitrogen and oxygen atoms in total. The molecule has 24 heavy (non-hydrogen) atoms. The van der Waals surface area contributed by atoms with Gasteiger partial charge in [0.05, 0.1) is 13.7 Å². The maximum Gasteiger partial charge on any atom is 0.409 e. The predicted molar refractivity (Wildman–Crippen MR) is 109 cm³/mol. The van der Waals surface area contributed by atoms with Crippen LogP contribution in [-0.4, -0.2) is 68.4 Å². The van der Waals surface area contributed by atoms with Gasteiger partial charge in [-0.15, -0.1) is 24.0 Å². The molecule has 1 rings (SSSR count). The summed E-state index contributed by atoms with van der Waals surface area (Å²) in [6.07, 6.45) is 1.57. The van der Waals surface area contributed by atoms with Gasteiger partial charge in [0.2, 0.25) is 0 Å². The number of likely N-dealkylation sites (tertiary alicyclic amines) is 1. The molecule has 0 aromatic rings. The summed E-state index contributed by atoms with van der Waals surface area (Å²) >= 11 is 0. The predicted octanol–water partition coefficient (Wildman–Crippen LogP) is 1.78. The van der Waals surface area contributed by atoms with Crippen LogP contribution in [-0.2, 0) is 4.74 Å². The summed E-state index contributed by atoms with van der Waals surface area (Å²) in [7, 11) is 1.42. The van der Waals surface area contributed by atoms with E-state index in [1.54, 1.807) is 4.90 Å². The van der Waals surface area contributed by atoms with Crippen molar-refractivity contribution < 1.29 is 9.53 Å². The molecule has 0 spiro atoms. The molecule has 0 radical (unpaired) electrons. The maximum atomic E-state index is 11.5. The summed E-state index contributed by atoms with van der Waals surface area (Å²) in [6.45, 7) is 12.4. The Morgan fingerprint density at radius 1 is 1.29 bits per heavy atom. The quantitative estimate of drug-likeness (QED) is 0.255. The van der Waals surface area contributed by atoms with Gasteiger partial charge < -0.3 is 25.6 Å². The normalized spacial score (nSPS) is 16.4. The molecule has 0 bridgehead atoms. The standard InChI is InChI=1S/C16H33N5O2.HI/c1-6-17-14(18-9-10-19-16(2,3)4)20-13-7-11-21(12-8-13)15(22)23-5;/h13,19H,6-12H2,1-5H3,(H2,17,18,20);1H. The number of guanidine groups is 1. The number of rotatable bonds is 5. The molecule has 3 N–H and O–H groups in total. The monoisotopic (exact) mass is 455 g/mol. The van der Waals surface area contributed by atoms with Gasteiger partial charge in [-0.3, -0.25) is 4.99 Å². The van der Waals surface area contributed by atoms with Crippen molar-refractivity contribution >= 4 is 36.0 Å². The van der Waals surface area contributed by atoms with Gasteiger partial charge in [-0.25, -0.2) is 4.79 Å². The summed E-state index contributed by atoms with van der Waals surface area (Å²) in [6, 6.07) is 0.337. The average molecular weight is 455 g/mol. The SMILES string of the molecule is CCNC(=NCCNC(C)(C)C)NC1CCN(C(=O)OC)CC1.I. The molecule has 1 saturated heterocycles. The van der Waals surface area contributed by atoms with E-state index in [0.717, 1.165) is 51.5 Å². The number of piperidine rings is 1. The molecule has 1 fully saturated rings. The molecule has 0 unspecified atom stereocenters. The highest BCUT2D eigenvalue weighted by Gasteiger charge is 2.23. The first kappa shape index (κ1) is 23.2. The third-order valence-corrected chi connectivity index (χ3v) is 3.65. The second-order valence-electron chi connectivity index (χ2n) is 6.81. The molecule has 0 saturated carbocycles. The Bertz CT molecular complexity index is 390. The molecule has 1 amide bonds. The minimum absolute atomic E-state index is 0. The van der Waals surface area contributed by atoms with Gasteiger partial charge in [0, 0.05) is 37.8 Å². The van der Waals surface area contributed by atoms with Crippen LogP contribution in [0.4, 0.5) is 4.79 Å². The molecule has 1 aliphatic heterocycles. The molecule has 0 aromatic carbocycles. The number of methoxy groups -OCH3 is 1. The lowest BCUT2D eigenvalue weighted by Gasteiger charge is -2.32. The average Bonchev–Trinajstić information content (AvgIpc) is 2.50. The molecular formula is C16H34IN5O2. The van der Waals surface area contributed by atoms with Crippen LogP contribution in [0.15, 0.2) is 4.99 Å². The molecule has 142 valence electrons. The van der Waals surface area contributed by atoms with E-state index < -0.39 is 0 Å². The number of hydrogen-bond acceptors (Lipinski definition) is 4. The van der Waals surface area contributed by atoms with E-state index in [2.05, 4.69) is 48.6 Å². The maximum absolute atomic E-state index is 11.5. The fourth-order valence-electron chi connectivity index (χ4n) is 2.45. The van der Waals surface area contributed by atoms with Crippen molar-refractivity contribution in [1.29, 1.82) is 0 Å². The van der Waals surface area contributed by atoms with Gasteiger partial charge >= 0.3 is 6.09 Å². The Labute approximate surface area is 163 Å². The lowest BCUT2D eigenvalue weighted by atomic mass is 10.1. The molecule has 8 heteroatoms. The Morgan fingerprint density at radius 3 is 2.42 bits per heavy atom. The lowest BCUT2D eigenvalue weighted by molar-refractivity contribution is 0.111. The fourth-order valence-corrected chi connectivity index (χ4v) is 2.45. The summed E-state index contributed by atoms with van der Waals surface area (Å²) in [5.74, 6) is 0.847. The number of ether oxygens (including phenoxy) is 1. The van der Waals surface area contributed by atoms with Crippen molar-refractivity contribution in [3.63, 3.8) is 0 Å². The fraction of sp³-hybridized carbons (Fsp3) is 0.875. The third-order valence-electron chi connectivity index (χ3n) is 3.65. The van der Waals surface area contributed by atoms with Crippen LogP contribution in [0.1, 0.15) is 40.5 Å². The van der Waals surface area contributed by atoms with Crippen molar-refractivity contribution in [3.8, 4) is 0 Å². The highest BCUT2D eigenvalue weighted by molar-refractivity contribution is 14.0. The first-order valence-electron chi connectivity index (χ1n) is 8.48. The minimum atomic E-state index is -0.239. The van der Waals surface area contributed by atoms with E-state index >= 15 is 0 Å². The van der Waals surface area contributed by atoms with Gasteiger partial charge in [0.1, 0.15) is 0 Å². The van der Waals surface area contributed by atoms with E-state index in [4.69, 9.17) is 4.74 Å². The number of amides is 1. The van der Waals surface area contributed by atoms with Crippen LogP contribution in [0.2, 0.25) is 0 Å². The van der Waals surface area contributed by atoms with Crippen molar-refractivity contribution in [2.24, 2.45) is 4.99 Å². The Kier molecular flexibility index (Phi) is 11.4. The van der Waals surface area contributed by atoms with E-state index in [9.17, 15) is 4.79 Å². The van der Waals surface area contributed by atoms with Crippen molar-refractivity contribution in [1.82, 2.24) is 20.9 Å². The van der Waals surface area contributed by atoms with E-state index in [0.29, 0.717) is 6.04 Å². The summed E-state index contributed by atoms with van der Waals surface area (Å²) < 4.78 is 4.76. The highest BCUT2D eigenvalue weighted by Crippen LogP contribution is 2.11. The number of halogens is 1. The highest BCUT2D eigenvalue weighted by atomic mass is 127. The molecule has 1 aliphatic rings. The Morgan fingerprint density at radius 2 is 1.92 bits per heavy atom. The van der Waals surface area contributed by atoms with Crippen molar-refractivity contribution in [3.05, 3.63) is 0 Å². The zero-order valence-electron chi connectivity index (χ0n) is 15.6. The summed E-state index contributed by atoms with van der Waals surface area (Å²) in [5.41, 5.74) is 0.113. The van der Waals surface area contributed by atoms with E-state index in [1.807, 2.05) is 0 Å². The topological polar surface area (TPSA) is 78.0 Å². The van der Waals surface area contributed by atoms with E-state index in [-0.39, 0.29) is 35.6 Å². The molecular weight excluding hydrogens is 421 g/mol. The van der Waals surface area contributed by atoms with Crippen LogP contribution in [0, 0.1) is 0 Å². The van der Waals surface area contributed by atoms with Crippen LogP contribution < -0.4 is 16.0 Å². The summed E-state index contributed by atoms with van der Waals surface area (Å²) in [5, 5.41) is 10.2. The molecule has 1 heterocycles. The molecule has 0 aromatic heterocycles. The smallest absolute Gasteiger partial charge is 0.409 e. The van der Waals surface area contributed by atoms with Crippen LogP contribution >= 0.6 is 24.0 Å². The van der Waals surface area contributed by atoms with E-state index in [1.165, 1.54) is 7.11 Å². The van der Waals surface area contributed by atoms with Gasteiger partial charge in [0.15, 0.2) is 5.96 Å². The number of carbonyl (C=O) groups excluding carboxylic acids is 1. The van der Waals surface area contributed by atoms with Gasteiger partial charge in [-0.05, 0) is 40.5 Å². The van der Waals surface area contributed by atoms with Crippen LogP contribution in [0.3, 0.4) is 0 Å². The number of hydrogen-bond donors (Lipinski definition) is 3. The Hall–Kier alpha value is -0.770. The number of aliphatic imine (C=N–C) groups is 1. The van der Waals surface area contributed by atoms with Crippen molar-refractivity contribution in [2.45, 2.75) is 52.1 Å². The van der Waals surface area contributed by atoms with Crippen LogP contribution in [0.5, 0.6) is 0 Å². The second-order valence-corrected chi connectivity index (χ2v) is 6.81. The van der Waals surface area contributed by atoms with Gasteiger partial charge in [-0.1, -0.05) is 0 Å². The number of nitrogens with zero attached hydrogens (tertiary/aromatic N) is 2. The van der Waals surface area contributed by atoms with Gasteiger partial charge in [0.25, 0.3) is 0 Å². The number of carbonyl (C=O) groups is 1. The molecule has 0 aliphatic carbocycles. The zero-order valence-corrected chi connectivity index (χ0v) is 18.0. The second kappa shape index (κ2) is 11.7. The molecule has 0 atom stereocenters. The van der Waals surface area contributed by atoms with Gasteiger partial charge in [-0.2, -0.15) is 0 Å². The lowest BCUT2D eigenvalue weighted by Crippen LogP contribution is -2.50. The third kappa shape index (κ3) is 9.51.